The van der Waals surface area contributed by atoms with Crippen LogP contribution in [0.25, 0.3) is 0 Å². The second kappa shape index (κ2) is 8.94. The zero-order chi connectivity index (χ0) is 21.2. The van der Waals surface area contributed by atoms with Crippen LogP contribution in [0.4, 0.5) is 5.69 Å². The van der Waals surface area contributed by atoms with Crippen molar-refractivity contribution in [3.8, 4) is 0 Å². The summed E-state index contributed by atoms with van der Waals surface area (Å²) in [5, 5.41) is 14.1. The highest BCUT2D eigenvalue weighted by atomic mass is 16.5. The summed E-state index contributed by atoms with van der Waals surface area (Å²) in [5.74, 6) is -0.0380. The van der Waals surface area contributed by atoms with Crippen molar-refractivity contribution in [2.75, 3.05) is 51.3 Å². The summed E-state index contributed by atoms with van der Waals surface area (Å²) < 4.78 is 5.20. The standard InChI is InChI=1S/C24H30N4O3/c29-21(13-27-8-6-17-4-2-1-3-5-18(17)12-27)14-28-9-7-23-22(24(28)30)10-19(11-25-23)26-20-15-31-16-20/h1-4,10-11,20-21,26,29H,5-9,12-16H2. The van der Waals surface area contributed by atoms with Gasteiger partial charge in [-0.25, -0.2) is 0 Å². The second-order valence-electron chi connectivity index (χ2n) is 8.86. The van der Waals surface area contributed by atoms with E-state index in [0.717, 1.165) is 43.7 Å². The van der Waals surface area contributed by atoms with Crippen LogP contribution in [0.3, 0.4) is 0 Å². The fraction of sp³-hybridized carbons (Fsp3) is 0.500. The van der Waals surface area contributed by atoms with Crippen molar-refractivity contribution in [3.05, 3.63) is 59.0 Å². The van der Waals surface area contributed by atoms with Crippen molar-refractivity contribution in [2.24, 2.45) is 0 Å². The summed E-state index contributed by atoms with van der Waals surface area (Å²) in [6, 6.07) is 2.18. The molecule has 4 aliphatic rings. The van der Waals surface area contributed by atoms with Crippen molar-refractivity contribution in [2.45, 2.75) is 31.4 Å². The Labute approximate surface area is 183 Å². The average molecular weight is 423 g/mol. The van der Waals surface area contributed by atoms with E-state index >= 15 is 0 Å². The van der Waals surface area contributed by atoms with Crippen LogP contribution in [0.1, 0.15) is 28.9 Å². The molecule has 0 saturated carbocycles. The van der Waals surface area contributed by atoms with Gasteiger partial charge in [0.2, 0.25) is 0 Å². The Bertz CT molecular complexity index is 935. The highest BCUT2D eigenvalue weighted by Crippen LogP contribution is 2.25. The maximum atomic E-state index is 13.1. The van der Waals surface area contributed by atoms with Crippen LogP contribution in [0.15, 0.2) is 47.7 Å². The summed E-state index contributed by atoms with van der Waals surface area (Å²) >= 11 is 0. The molecule has 3 aliphatic heterocycles. The molecule has 7 heteroatoms. The molecule has 164 valence electrons. The summed E-state index contributed by atoms with van der Waals surface area (Å²) in [7, 11) is 0. The Morgan fingerprint density at radius 2 is 2.13 bits per heavy atom. The van der Waals surface area contributed by atoms with Crippen LogP contribution < -0.4 is 5.32 Å². The first-order valence-corrected chi connectivity index (χ1v) is 11.2. The second-order valence-corrected chi connectivity index (χ2v) is 8.86. The Morgan fingerprint density at radius 3 is 2.97 bits per heavy atom. The van der Waals surface area contributed by atoms with Gasteiger partial charge in [-0.05, 0) is 30.1 Å². The van der Waals surface area contributed by atoms with Crippen LogP contribution in [-0.4, -0.2) is 83.9 Å². The van der Waals surface area contributed by atoms with Gasteiger partial charge in [0.15, 0.2) is 0 Å². The molecule has 2 N–H and O–H groups in total. The number of nitrogens with one attached hydrogen (secondary N) is 1. The molecule has 0 radical (unpaired) electrons. The number of hydrogen-bond acceptors (Lipinski definition) is 6. The normalized spacial score (nSPS) is 22.6. The molecule has 4 heterocycles. The van der Waals surface area contributed by atoms with Crippen LogP contribution in [0, 0.1) is 0 Å². The lowest BCUT2D eigenvalue weighted by Crippen LogP contribution is -2.46. The van der Waals surface area contributed by atoms with Gasteiger partial charge in [0.25, 0.3) is 5.91 Å². The Morgan fingerprint density at radius 1 is 1.23 bits per heavy atom. The number of allylic oxidation sites excluding steroid dienone is 4. The number of rotatable bonds is 6. The number of carbonyl (C=O) groups is 1. The quantitative estimate of drug-likeness (QED) is 0.728. The first-order chi connectivity index (χ1) is 15.2. The molecule has 1 saturated heterocycles. The van der Waals surface area contributed by atoms with Gasteiger partial charge in [-0.15, -0.1) is 0 Å². The number of β-amino-alcohol motifs (C(OH)–C–C–N with tert-alkyl or cyclic N) is 1. The minimum absolute atomic E-state index is 0.0380. The third kappa shape index (κ3) is 4.59. The zero-order valence-electron chi connectivity index (χ0n) is 17.8. The lowest BCUT2D eigenvalue weighted by atomic mass is 9.97. The van der Waals surface area contributed by atoms with Crippen molar-refractivity contribution in [1.82, 2.24) is 14.8 Å². The molecule has 1 aromatic heterocycles. The van der Waals surface area contributed by atoms with Crippen molar-refractivity contribution >= 4 is 11.6 Å². The zero-order valence-corrected chi connectivity index (χ0v) is 17.8. The first kappa shape index (κ1) is 20.4. The van der Waals surface area contributed by atoms with Crippen molar-refractivity contribution < 1.29 is 14.6 Å². The number of fused-ring (bicyclic) bond motifs is 1. The van der Waals surface area contributed by atoms with Gasteiger partial charge < -0.3 is 20.1 Å². The molecule has 1 aromatic rings. The minimum Gasteiger partial charge on any atom is -0.390 e. The van der Waals surface area contributed by atoms with E-state index in [1.807, 2.05) is 6.07 Å². The lowest BCUT2D eigenvalue weighted by Gasteiger charge is -2.34. The number of amides is 1. The third-order valence-electron chi connectivity index (χ3n) is 6.49. The summed E-state index contributed by atoms with van der Waals surface area (Å²) in [6.07, 6.45) is 12.6. The van der Waals surface area contributed by atoms with Gasteiger partial charge in [0.05, 0.1) is 48.5 Å². The number of aliphatic hydroxyl groups excluding tert-OH is 1. The fourth-order valence-electron chi connectivity index (χ4n) is 4.73. The van der Waals surface area contributed by atoms with E-state index in [2.05, 4.69) is 39.5 Å². The average Bonchev–Trinajstić information content (AvgIpc) is 2.98. The maximum Gasteiger partial charge on any atom is 0.255 e. The van der Waals surface area contributed by atoms with E-state index in [4.69, 9.17) is 4.74 Å². The first-order valence-electron chi connectivity index (χ1n) is 11.2. The van der Waals surface area contributed by atoms with Crippen molar-refractivity contribution in [3.63, 3.8) is 0 Å². The number of aliphatic hydroxyl groups is 1. The molecule has 0 spiro atoms. The smallest absolute Gasteiger partial charge is 0.255 e. The molecular weight excluding hydrogens is 392 g/mol. The Kier molecular flexibility index (Phi) is 5.89. The summed E-state index contributed by atoms with van der Waals surface area (Å²) in [5.41, 5.74) is 5.22. The maximum absolute atomic E-state index is 13.1. The van der Waals surface area contributed by atoms with E-state index < -0.39 is 6.10 Å². The third-order valence-corrected chi connectivity index (χ3v) is 6.49. The molecule has 7 nitrogen and oxygen atoms in total. The van der Waals surface area contributed by atoms with E-state index in [9.17, 15) is 9.90 Å². The number of aromatic nitrogens is 1. The molecule has 0 aromatic carbocycles. The molecule has 5 rings (SSSR count). The molecular formula is C24H30N4O3. The topological polar surface area (TPSA) is 77.9 Å². The number of nitrogens with zero attached hydrogens (tertiary/aromatic N) is 3. The highest BCUT2D eigenvalue weighted by Gasteiger charge is 2.29. The molecule has 0 bridgehead atoms. The Hall–Kier alpha value is -2.48. The minimum atomic E-state index is -0.564. The van der Waals surface area contributed by atoms with E-state index in [-0.39, 0.29) is 11.9 Å². The van der Waals surface area contributed by atoms with E-state index in [1.54, 1.807) is 11.1 Å². The Balaban J connectivity index is 1.18. The van der Waals surface area contributed by atoms with Gasteiger partial charge in [-0.3, -0.25) is 14.7 Å². The largest absolute Gasteiger partial charge is 0.390 e. The molecule has 31 heavy (non-hydrogen) atoms. The van der Waals surface area contributed by atoms with Crippen molar-refractivity contribution in [1.29, 1.82) is 0 Å². The fourth-order valence-corrected chi connectivity index (χ4v) is 4.73. The number of pyridine rings is 1. The molecule has 1 aliphatic carbocycles. The van der Waals surface area contributed by atoms with Gasteiger partial charge in [-0.1, -0.05) is 24.3 Å². The van der Waals surface area contributed by atoms with Gasteiger partial charge >= 0.3 is 0 Å². The molecule has 1 amide bonds. The highest BCUT2D eigenvalue weighted by molar-refractivity contribution is 5.97. The van der Waals surface area contributed by atoms with E-state index in [0.29, 0.717) is 38.4 Å². The predicted octanol–water partition coefficient (Wildman–Crippen LogP) is 1.77. The SMILES string of the molecule is O=C1c2cc(NC3COC3)cnc2CCN1CC(O)CN1CCC2=C(CC=CC=C2)C1. The molecule has 1 unspecified atom stereocenters. The van der Waals surface area contributed by atoms with Crippen LogP contribution in [0.5, 0.6) is 0 Å². The number of ether oxygens (including phenoxy) is 1. The van der Waals surface area contributed by atoms with Crippen LogP contribution >= 0.6 is 0 Å². The number of hydrogen-bond donors (Lipinski definition) is 2. The number of anilines is 1. The molecule has 1 fully saturated rings. The van der Waals surface area contributed by atoms with Crippen LogP contribution in [0.2, 0.25) is 0 Å². The molecule has 1 atom stereocenters. The predicted molar refractivity (Wildman–Crippen MR) is 119 cm³/mol. The lowest BCUT2D eigenvalue weighted by molar-refractivity contribution is 0.0211. The van der Waals surface area contributed by atoms with Gasteiger partial charge in [-0.2, -0.15) is 0 Å². The van der Waals surface area contributed by atoms with Gasteiger partial charge in [0.1, 0.15) is 0 Å². The summed E-state index contributed by atoms with van der Waals surface area (Å²) in [6.45, 7) is 4.75. The van der Waals surface area contributed by atoms with Gasteiger partial charge in [0, 0.05) is 39.1 Å². The summed E-state index contributed by atoms with van der Waals surface area (Å²) in [4.78, 5) is 21.7. The number of carbonyl (C=O) groups excluding carboxylic acids is 1. The monoisotopic (exact) mass is 422 g/mol. The van der Waals surface area contributed by atoms with Crippen LogP contribution in [-0.2, 0) is 11.2 Å². The van der Waals surface area contributed by atoms with E-state index in [1.165, 1.54) is 11.1 Å².